The Labute approximate surface area is 165 Å². The van der Waals surface area contributed by atoms with Gasteiger partial charge in [-0.15, -0.1) is 0 Å². The van der Waals surface area contributed by atoms with Gasteiger partial charge in [-0.1, -0.05) is 24.1 Å². The fraction of sp³-hybridized carbons (Fsp3) is 0.545. The average Bonchev–Trinajstić information content (AvgIpc) is 3.01. The summed E-state index contributed by atoms with van der Waals surface area (Å²) in [6.45, 7) is 6.81. The zero-order chi connectivity index (χ0) is 20.1. The lowest BCUT2D eigenvalue weighted by Crippen LogP contribution is -2.43. The molecule has 1 aromatic carbocycles. The molecule has 6 heteroatoms. The maximum absolute atomic E-state index is 10.9. The quantitative estimate of drug-likeness (QED) is 0.671. The van der Waals surface area contributed by atoms with Gasteiger partial charge in [0.05, 0.1) is 25.3 Å². The minimum atomic E-state index is -0.994. The summed E-state index contributed by atoms with van der Waals surface area (Å²) in [6, 6.07) is 8.19. The van der Waals surface area contributed by atoms with Crippen molar-refractivity contribution in [1.29, 1.82) is 0 Å². The first-order chi connectivity index (χ1) is 13.3. The molecule has 2 heterocycles. The van der Waals surface area contributed by atoms with Crippen LogP contribution in [0.15, 0.2) is 28.7 Å². The summed E-state index contributed by atoms with van der Waals surface area (Å²) in [5.41, 5.74) is 3.23. The van der Waals surface area contributed by atoms with E-state index in [9.17, 15) is 4.79 Å². The van der Waals surface area contributed by atoms with Crippen molar-refractivity contribution in [3.63, 3.8) is 0 Å². The van der Waals surface area contributed by atoms with Crippen molar-refractivity contribution in [3.8, 4) is 11.5 Å². The van der Waals surface area contributed by atoms with Gasteiger partial charge in [-0.2, -0.15) is 0 Å². The van der Waals surface area contributed by atoms with Gasteiger partial charge in [0, 0.05) is 11.5 Å². The summed E-state index contributed by atoms with van der Waals surface area (Å²) in [5.74, 6) is -0.0343. The number of carboxylic acids is 1. The van der Waals surface area contributed by atoms with E-state index in [2.05, 4.69) is 24.0 Å². The normalized spacial score (nSPS) is 22.3. The molecule has 2 aromatic rings. The molecule has 1 fully saturated rings. The minimum absolute atomic E-state index is 0.130. The van der Waals surface area contributed by atoms with Crippen LogP contribution < -0.4 is 0 Å². The molecule has 0 atom stereocenters. The van der Waals surface area contributed by atoms with Crippen LogP contribution in [0, 0.1) is 19.8 Å². The molecule has 0 unspecified atom stereocenters. The van der Waals surface area contributed by atoms with Crippen LogP contribution in [-0.4, -0.2) is 35.1 Å². The maximum Gasteiger partial charge on any atom is 0.308 e. The molecule has 1 aromatic heterocycles. The third-order valence-electron chi connectivity index (χ3n) is 5.19. The van der Waals surface area contributed by atoms with Crippen molar-refractivity contribution in [2.24, 2.45) is 5.92 Å². The van der Waals surface area contributed by atoms with Crippen LogP contribution in [0.5, 0.6) is 0 Å². The van der Waals surface area contributed by atoms with Crippen LogP contribution in [0.1, 0.15) is 49.6 Å². The van der Waals surface area contributed by atoms with E-state index in [0.29, 0.717) is 25.0 Å². The second-order valence-electron chi connectivity index (χ2n) is 7.83. The number of aryl methyl sites for hydroxylation is 3. The molecule has 0 bridgehead atoms. The zero-order valence-electron chi connectivity index (χ0n) is 16.9. The van der Waals surface area contributed by atoms with Gasteiger partial charge in [-0.3, -0.25) is 4.79 Å². The lowest BCUT2D eigenvalue weighted by Gasteiger charge is -2.36. The Balaban J connectivity index is 1.42. The highest BCUT2D eigenvalue weighted by molar-refractivity contribution is 5.67. The third kappa shape index (κ3) is 5.42. The Morgan fingerprint density at radius 3 is 2.50 bits per heavy atom. The zero-order valence-corrected chi connectivity index (χ0v) is 16.9. The van der Waals surface area contributed by atoms with Crippen LogP contribution in [0.4, 0.5) is 0 Å². The predicted molar refractivity (Wildman–Crippen MR) is 105 cm³/mol. The Morgan fingerprint density at radius 2 is 1.86 bits per heavy atom. The van der Waals surface area contributed by atoms with E-state index in [1.165, 1.54) is 5.56 Å². The molecular weight excluding hydrogens is 358 g/mol. The lowest BCUT2D eigenvalue weighted by atomic mass is 10.0. The maximum atomic E-state index is 10.9. The Morgan fingerprint density at radius 1 is 1.18 bits per heavy atom. The van der Waals surface area contributed by atoms with E-state index in [1.54, 1.807) is 6.92 Å². The van der Waals surface area contributed by atoms with Crippen molar-refractivity contribution >= 4 is 5.97 Å². The van der Waals surface area contributed by atoms with Crippen LogP contribution >= 0.6 is 0 Å². The smallest absolute Gasteiger partial charge is 0.308 e. The fourth-order valence-electron chi connectivity index (χ4n) is 3.43. The first-order valence-corrected chi connectivity index (χ1v) is 9.88. The number of ether oxygens (including phenoxy) is 2. The van der Waals surface area contributed by atoms with E-state index in [4.69, 9.17) is 19.0 Å². The second kappa shape index (κ2) is 8.88. The highest BCUT2D eigenvalue weighted by atomic mass is 16.7. The molecule has 1 N–H and O–H groups in total. The molecule has 0 spiro atoms. The number of rotatable bonds is 8. The second-order valence-corrected chi connectivity index (χ2v) is 7.83. The van der Waals surface area contributed by atoms with Crippen molar-refractivity contribution < 1.29 is 23.8 Å². The number of unbranched alkanes of at least 4 members (excludes halogenated alkanes) is 1. The number of carboxylic acid groups (broad SMARTS) is 1. The summed E-state index contributed by atoms with van der Waals surface area (Å²) in [4.78, 5) is 15.5. The van der Waals surface area contributed by atoms with Crippen LogP contribution in [0.25, 0.3) is 11.5 Å². The number of nitrogens with zero attached hydrogens (tertiary/aromatic N) is 1. The standard InChI is InChI=1S/C22H29NO5/c1-15-8-10-18(11-9-15)21-23-19(16(2)28-21)7-5-4-6-17-13-26-22(3,27-14-17)12-20(24)25/h8-11,17H,4-7,12-14H2,1-3H3,(H,24,25). The highest BCUT2D eigenvalue weighted by Gasteiger charge is 2.35. The van der Waals surface area contributed by atoms with E-state index in [0.717, 1.165) is 42.7 Å². The van der Waals surface area contributed by atoms with Gasteiger partial charge in [0.25, 0.3) is 0 Å². The van der Waals surface area contributed by atoms with E-state index in [1.807, 2.05) is 19.1 Å². The van der Waals surface area contributed by atoms with Crippen LogP contribution in [-0.2, 0) is 20.7 Å². The van der Waals surface area contributed by atoms with Crippen molar-refractivity contribution in [3.05, 3.63) is 41.3 Å². The summed E-state index contributed by atoms with van der Waals surface area (Å²) in [6.07, 6.45) is 3.80. The third-order valence-corrected chi connectivity index (χ3v) is 5.19. The Kier molecular flexibility index (Phi) is 6.52. The first kappa shape index (κ1) is 20.6. The van der Waals surface area contributed by atoms with Crippen LogP contribution in [0.2, 0.25) is 0 Å². The molecule has 28 heavy (non-hydrogen) atoms. The summed E-state index contributed by atoms with van der Waals surface area (Å²) < 4.78 is 17.2. The molecule has 0 saturated carbocycles. The summed E-state index contributed by atoms with van der Waals surface area (Å²) >= 11 is 0. The lowest BCUT2D eigenvalue weighted by molar-refractivity contribution is -0.275. The molecule has 1 saturated heterocycles. The van der Waals surface area contributed by atoms with Gasteiger partial charge in [-0.05, 0) is 52.2 Å². The van der Waals surface area contributed by atoms with Gasteiger partial charge in [-0.25, -0.2) is 4.98 Å². The molecule has 1 aliphatic rings. The molecular formula is C22H29NO5. The van der Waals surface area contributed by atoms with Gasteiger partial charge in [0.15, 0.2) is 5.79 Å². The Bertz CT molecular complexity index is 788. The highest BCUT2D eigenvalue weighted by Crippen LogP contribution is 2.28. The number of hydrogen-bond donors (Lipinski definition) is 1. The number of hydrogen-bond acceptors (Lipinski definition) is 5. The molecule has 3 rings (SSSR count). The number of carbonyl (C=O) groups is 1. The molecule has 152 valence electrons. The Hall–Kier alpha value is -2.18. The van der Waals surface area contributed by atoms with Crippen molar-refractivity contribution in [2.45, 2.75) is 58.7 Å². The molecule has 0 amide bonds. The number of aliphatic carboxylic acids is 1. The molecule has 0 aliphatic carbocycles. The monoisotopic (exact) mass is 387 g/mol. The van der Waals surface area contributed by atoms with Gasteiger partial charge in [0.2, 0.25) is 5.89 Å². The largest absolute Gasteiger partial charge is 0.481 e. The van der Waals surface area contributed by atoms with E-state index < -0.39 is 11.8 Å². The van der Waals surface area contributed by atoms with E-state index >= 15 is 0 Å². The van der Waals surface area contributed by atoms with Crippen LogP contribution in [0.3, 0.4) is 0 Å². The topological polar surface area (TPSA) is 81.8 Å². The number of benzene rings is 1. The van der Waals surface area contributed by atoms with Crippen molar-refractivity contribution in [1.82, 2.24) is 4.98 Å². The van der Waals surface area contributed by atoms with Gasteiger partial charge in [0.1, 0.15) is 5.76 Å². The van der Waals surface area contributed by atoms with E-state index in [-0.39, 0.29) is 6.42 Å². The molecule has 6 nitrogen and oxygen atoms in total. The minimum Gasteiger partial charge on any atom is -0.481 e. The molecule has 0 radical (unpaired) electrons. The number of aromatic nitrogens is 1. The SMILES string of the molecule is Cc1ccc(-c2nc(CCCCC3COC(C)(CC(=O)O)OC3)c(C)o2)cc1. The van der Waals surface area contributed by atoms with Crippen molar-refractivity contribution in [2.75, 3.05) is 13.2 Å². The van der Waals surface area contributed by atoms with Gasteiger partial charge >= 0.3 is 5.97 Å². The summed E-state index contributed by atoms with van der Waals surface area (Å²) in [5, 5.41) is 8.91. The fourth-order valence-corrected chi connectivity index (χ4v) is 3.43. The first-order valence-electron chi connectivity index (χ1n) is 9.88. The van der Waals surface area contributed by atoms with Gasteiger partial charge < -0.3 is 19.0 Å². The number of oxazole rings is 1. The average molecular weight is 387 g/mol. The summed E-state index contributed by atoms with van der Waals surface area (Å²) in [7, 11) is 0. The predicted octanol–water partition coefficient (Wildman–Crippen LogP) is 4.53. The molecule has 1 aliphatic heterocycles.